The first-order valence-electron chi connectivity index (χ1n) is 7.19. The van der Waals surface area contributed by atoms with Gasteiger partial charge in [-0.2, -0.15) is 5.26 Å². The van der Waals surface area contributed by atoms with Crippen LogP contribution in [-0.4, -0.2) is 19.4 Å². The molecule has 2 aliphatic carbocycles. The zero-order valence-electron chi connectivity index (χ0n) is 11.7. The van der Waals surface area contributed by atoms with Crippen LogP contribution in [0.15, 0.2) is 0 Å². The molecule has 4 nitrogen and oxygen atoms in total. The minimum Gasteiger partial charge on any atom is -0.396 e. The molecule has 0 atom stereocenters. The number of nitrogens with two attached hydrogens (primary N) is 1. The molecule has 2 aliphatic rings. The molecule has 0 radical (unpaired) electrons. The Morgan fingerprint density at radius 2 is 2.15 bits per heavy atom. The molecule has 0 amide bonds. The second-order valence-corrected chi connectivity index (χ2v) is 6.95. The Balaban J connectivity index is 1.87. The monoisotopic (exact) mass is 289 g/mol. The first kappa shape index (κ1) is 13.4. The van der Waals surface area contributed by atoms with E-state index in [0.29, 0.717) is 16.1 Å². The summed E-state index contributed by atoms with van der Waals surface area (Å²) in [5.41, 5.74) is 6.92. The number of carbonyl (C=O) groups excluding carboxylic acids is 1. The van der Waals surface area contributed by atoms with Crippen molar-refractivity contribution in [2.24, 2.45) is 11.8 Å². The van der Waals surface area contributed by atoms with E-state index in [9.17, 15) is 10.1 Å². The molecule has 2 N–H and O–H groups in total. The molecule has 0 aliphatic heterocycles. The van der Waals surface area contributed by atoms with Gasteiger partial charge in [-0.05, 0) is 31.6 Å². The number of hydrogen-bond acceptors (Lipinski definition) is 5. The van der Waals surface area contributed by atoms with Crippen molar-refractivity contribution in [1.82, 2.24) is 0 Å². The molecule has 0 spiro atoms. The van der Waals surface area contributed by atoms with Gasteiger partial charge in [-0.3, -0.25) is 4.79 Å². The van der Waals surface area contributed by atoms with Crippen molar-refractivity contribution in [2.45, 2.75) is 32.1 Å². The van der Waals surface area contributed by atoms with Crippen LogP contribution in [0.2, 0.25) is 0 Å². The van der Waals surface area contributed by atoms with Crippen LogP contribution in [0.4, 0.5) is 10.7 Å². The maximum Gasteiger partial charge on any atom is 0.178 e. The lowest BCUT2D eigenvalue weighted by atomic mass is 9.85. The van der Waals surface area contributed by atoms with Gasteiger partial charge in [0.1, 0.15) is 16.6 Å². The number of nitrogen functional groups attached to an aromatic ring is 1. The lowest BCUT2D eigenvalue weighted by molar-refractivity contribution is 0.0972. The molecule has 1 aromatic rings. The Morgan fingerprint density at radius 1 is 1.45 bits per heavy atom. The van der Waals surface area contributed by atoms with Crippen LogP contribution in [0.1, 0.15) is 47.3 Å². The predicted molar refractivity (Wildman–Crippen MR) is 81.1 cm³/mol. The van der Waals surface area contributed by atoms with Crippen molar-refractivity contribution in [2.75, 3.05) is 24.2 Å². The highest BCUT2D eigenvalue weighted by molar-refractivity contribution is 7.19. The van der Waals surface area contributed by atoms with Gasteiger partial charge in [0.05, 0.1) is 10.6 Å². The summed E-state index contributed by atoms with van der Waals surface area (Å²) in [4.78, 5) is 14.9. The van der Waals surface area contributed by atoms with Crippen molar-refractivity contribution in [3.05, 3.63) is 10.4 Å². The zero-order chi connectivity index (χ0) is 14.3. The summed E-state index contributed by atoms with van der Waals surface area (Å²) in [7, 11) is 2.00. The molecule has 106 valence electrons. The Kier molecular flexibility index (Phi) is 3.43. The van der Waals surface area contributed by atoms with Gasteiger partial charge in [0, 0.05) is 19.5 Å². The normalized spacial score (nSPS) is 18.4. The van der Waals surface area contributed by atoms with E-state index in [2.05, 4.69) is 11.0 Å². The number of anilines is 2. The number of thiophene rings is 1. The smallest absolute Gasteiger partial charge is 0.178 e. The van der Waals surface area contributed by atoms with E-state index < -0.39 is 0 Å². The summed E-state index contributed by atoms with van der Waals surface area (Å²) in [5, 5.41) is 10.2. The summed E-state index contributed by atoms with van der Waals surface area (Å²) in [6, 6.07) is 2.18. The molecule has 0 saturated heterocycles. The van der Waals surface area contributed by atoms with Crippen LogP contribution in [0.25, 0.3) is 0 Å². The van der Waals surface area contributed by atoms with Gasteiger partial charge in [0.25, 0.3) is 0 Å². The molecule has 20 heavy (non-hydrogen) atoms. The van der Waals surface area contributed by atoms with E-state index in [0.717, 1.165) is 30.3 Å². The maximum atomic E-state index is 12.2. The highest BCUT2D eigenvalue weighted by Crippen LogP contribution is 2.43. The molecule has 0 aromatic carbocycles. The van der Waals surface area contributed by atoms with E-state index in [4.69, 9.17) is 5.73 Å². The number of ketones is 1. The Labute approximate surface area is 123 Å². The number of nitriles is 1. The van der Waals surface area contributed by atoms with Gasteiger partial charge >= 0.3 is 0 Å². The first-order valence-corrected chi connectivity index (χ1v) is 8.01. The Morgan fingerprint density at radius 3 is 2.65 bits per heavy atom. The average molecular weight is 289 g/mol. The number of hydrogen-bond donors (Lipinski definition) is 1. The number of carbonyl (C=O) groups is 1. The quantitative estimate of drug-likeness (QED) is 0.846. The first-order chi connectivity index (χ1) is 9.61. The van der Waals surface area contributed by atoms with Crippen LogP contribution in [-0.2, 0) is 0 Å². The minimum atomic E-state index is 0.132. The van der Waals surface area contributed by atoms with Gasteiger partial charge in [-0.1, -0.05) is 6.42 Å². The summed E-state index contributed by atoms with van der Waals surface area (Å²) < 4.78 is 0. The fourth-order valence-corrected chi connectivity index (χ4v) is 3.83. The number of Topliss-reactive ketones (excluding diaryl/α,β-unsaturated/α-hetero) is 1. The summed E-state index contributed by atoms with van der Waals surface area (Å²) in [5.74, 6) is 0.997. The van der Waals surface area contributed by atoms with E-state index in [1.807, 2.05) is 7.05 Å². The van der Waals surface area contributed by atoms with E-state index in [1.54, 1.807) is 0 Å². The molecular formula is C15H19N3OS. The third kappa shape index (κ3) is 2.29. The third-order valence-corrected chi connectivity index (χ3v) is 5.65. The van der Waals surface area contributed by atoms with Crippen molar-refractivity contribution >= 4 is 27.8 Å². The summed E-state index contributed by atoms with van der Waals surface area (Å²) in [6.07, 6.45) is 5.76. The third-order valence-electron chi connectivity index (χ3n) is 4.31. The van der Waals surface area contributed by atoms with Crippen LogP contribution in [0.3, 0.4) is 0 Å². The highest BCUT2D eigenvalue weighted by Gasteiger charge is 2.34. The lowest BCUT2D eigenvalue weighted by Gasteiger charge is -2.30. The second kappa shape index (κ2) is 5.10. The lowest BCUT2D eigenvalue weighted by Crippen LogP contribution is -2.29. The molecular weight excluding hydrogens is 270 g/mol. The van der Waals surface area contributed by atoms with Crippen molar-refractivity contribution in [3.8, 4) is 6.07 Å². The molecule has 2 saturated carbocycles. The molecule has 3 rings (SSSR count). The summed E-state index contributed by atoms with van der Waals surface area (Å²) in [6.45, 7) is 0.950. The Bertz CT molecular complexity index is 579. The van der Waals surface area contributed by atoms with E-state index in [-0.39, 0.29) is 11.7 Å². The molecule has 1 heterocycles. The fourth-order valence-electron chi connectivity index (χ4n) is 2.67. The molecule has 0 bridgehead atoms. The van der Waals surface area contributed by atoms with Gasteiger partial charge in [-0.15, -0.1) is 11.3 Å². The van der Waals surface area contributed by atoms with Gasteiger partial charge < -0.3 is 10.6 Å². The highest BCUT2D eigenvalue weighted by atomic mass is 32.1. The molecule has 2 fully saturated rings. The predicted octanol–water partition coefficient (Wildman–Crippen LogP) is 3.03. The fraction of sp³-hybridized carbons (Fsp3) is 0.600. The van der Waals surface area contributed by atoms with Crippen LogP contribution >= 0.6 is 11.3 Å². The Hall–Kier alpha value is -1.54. The van der Waals surface area contributed by atoms with Crippen LogP contribution < -0.4 is 10.6 Å². The van der Waals surface area contributed by atoms with E-state index >= 15 is 0 Å². The van der Waals surface area contributed by atoms with E-state index in [1.165, 1.54) is 30.6 Å². The molecule has 1 aromatic heterocycles. The van der Waals surface area contributed by atoms with Crippen LogP contribution in [0, 0.1) is 23.2 Å². The SMILES string of the molecule is CN(CC1CCC1)c1sc(C(=O)C2CC2)c(N)c1C#N. The summed E-state index contributed by atoms with van der Waals surface area (Å²) >= 11 is 1.40. The number of rotatable bonds is 5. The largest absolute Gasteiger partial charge is 0.396 e. The van der Waals surface area contributed by atoms with Crippen molar-refractivity contribution in [3.63, 3.8) is 0 Å². The van der Waals surface area contributed by atoms with Crippen LogP contribution in [0.5, 0.6) is 0 Å². The minimum absolute atomic E-state index is 0.132. The van der Waals surface area contributed by atoms with Gasteiger partial charge in [0.15, 0.2) is 5.78 Å². The standard InChI is InChI=1S/C15H19N3OS/c1-18(8-9-3-2-4-9)15-11(7-16)12(17)14(20-15)13(19)10-5-6-10/h9-10H,2-6,8,17H2,1H3. The maximum absolute atomic E-state index is 12.2. The van der Waals surface area contributed by atoms with Gasteiger partial charge in [0.2, 0.25) is 0 Å². The van der Waals surface area contributed by atoms with Crippen molar-refractivity contribution in [1.29, 1.82) is 5.26 Å². The molecule has 0 unspecified atom stereocenters. The average Bonchev–Trinajstić information content (AvgIpc) is 3.17. The number of nitrogens with zero attached hydrogens (tertiary/aromatic N) is 2. The topological polar surface area (TPSA) is 70.1 Å². The zero-order valence-corrected chi connectivity index (χ0v) is 12.5. The van der Waals surface area contributed by atoms with Gasteiger partial charge in [-0.25, -0.2) is 0 Å². The second-order valence-electron chi connectivity index (χ2n) is 5.95. The van der Waals surface area contributed by atoms with Crippen molar-refractivity contribution < 1.29 is 4.79 Å². The molecule has 5 heteroatoms.